The minimum absolute atomic E-state index is 0.219. The van der Waals surface area contributed by atoms with Crippen LogP contribution >= 0.6 is 27.5 Å². The molecule has 160 valence electrons. The molecule has 1 amide bonds. The highest BCUT2D eigenvalue weighted by molar-refractivity contribution is 9.10. The van der Waals surface area contributed by atoms with Gasteiger partial charge in [0.15, 0.2) is 11.5 Å². The number of halogens is 1. The number of fused-ring (bicyclic) bond motifs is 1. The topological polar surface area (TPSA) is 72.7 Å². The summed E-state index contributed by atoms with van der Waals surface area (Å²) in [5, 5.41) is 10.2. The average Bonchev–Trinajstić information content (AvgIpc) is 3.40. The standard InChI is InChI=1S/C23H24BrN5OS/c1-15(2)8-6-7-11-29-22-18(21(28-29)27-23(30)17-13-25-31-14-17)12-19(24)20(26-22)16-9-4-3-5-10-16/h3-5,9-10,12-15H,6-8,11H2,1-2H3,(H,27,28,30). The van der Waals surface area contributed by atoms with Gasteiger partial charge in [-0.25, -0.2) is 14.0 Å². The number of amides is 1. The molecular weight excluding hydrogens is 474 g/mol. The number of aromatic nitrogens is 4. The van der Waals surface area contributed by atoms with Crippen molar-refractivity contribution in [3.63, 3.8) is 0 Å². The molecule has 0 radical (unpaired) electrons. The fourth-order valence-electron chi connectivity index (χ4n) is 3.43. The molecule has 0 unspecified atom stereocenters. The minimum atomic E-state index is -0.219. The van der Waals surface area contributed by atoms with Crippen molar-refractivity contribution in [1.82, 2.24) is 19.1 Å². The van der Waals surface area contributed by atoms with E-state index in [1.807, 2.05) is 41.1 Å². The number of carbonyl (C=O) groups is 1. The number of hydrogen-bond acceptors (Lipinski definition) is 5. The summed E-state index contributed by atoms with van der Waals surface area (Å²) in [6, 6.07) is 12.0. The molecule has 8 heteroatoms. The van der Waals surface area contributed by atoms with Crippen molar-refractivity contribution >= 4 is 50.2 Å². The first-order valence-electron chi connectivity index (χ1n) is 10.4. The molecule has 0 aliphatic rings. The lowest BCUT2D eigenvalue weighted by atomic mass is 10.1. The van der Waals surface area contributed by atoms with Crippen LogP contribution < -0.4 is 5.32 Å². The lowest BCUT2D eigenvalue weighted by Crippen LogP contribution is -2.12. The van der Waals surface area contributed by atoms with E-state index >= 15 is 0 Å². The molecular formula is C23H24BrN5OS. The van der Waals surface area contributed by atoms with Gasteiger partial charge >= 0.3 is 0 Å². The first-order valence-corrected chi connectivity index (χ1v) is 12.0. The molecule has 0 aliphatic carbocycles. The summed E-state index contributed by atoms with van der Waals surface area (Å²) in [5.74, 6) is 0.980. The van der Waals surface area contributed by atoms with Gasteiger partial charge < -0.3 is 5.32 Å². The number of anilines is 1. The van der Waals surface area contributed by atoms with Gasteiger partial charge in [0.25, 0.3) is 5.91 Å². The normalized spacial score (nSPS) is 11.4. The van der Waals surface area contributed by atoms with Gasteiger partial charge in [-0.05, 0) is 45.9 Å². The molecule has 1 N–H and O–H groups in total. The molecule has 0 bridgehead atoms. The van der Waals surface area contributed by atoms with Crippen LogP contribution in [0.2, 0.25) is 0 Å². The summed E-state index contributed by atoms with van der Waals surface area (Å²) in [4.78, 5) is 17.6. The van der Waals surface area contributed by atoms with Crippen molar-refractivity contribution in [3.8, 4) is 11.3 Å². The number of pyridine rings is 1. The Morgan fingerprint density at radius 1 is 1.23 bits per heavy atom. The van der Waals surface area contributed by atoms with Gasteiger partial charge in [0.2, 0.25) is 0 Å². The maximum atomic E-state index is 12.6. The van der Waals surface area contributed by atoms with Crippen molar-refractivity contribution < 1.29 is 4.79 Å². The van der Waals surface area contributed by atoms with Gasteiger partial charge in [0.05, 0.1) is 22.8 Å². The lowest BCUT2D eigenvalue weighted by molar-refractivity contribution is 0.102. The third kappa shape index (κ3) is 5.02. The van der Waals surface area contributed by atoms with Crippen molar-refractivity contribution in [3.05, 3.63) is 58.0 Å². The van der Waals surface area contributed by atoms with Crippen LogP contribution in [0.5, 0.6) is 0 Å². The lowest BCUT2D eigenvalue weighted by Gasteiger charge is -2.07. The zero-order chi connectivity index (χ0) is 21.8. The van der Waals surface area contributed by atoms with E-state index in [1.165, 1.54) is 18.0 Å². The summed E-state index contributed by atoms with van der Waals surface area (Å²) in [5.41, 5.74) is 3.18. The molecule has 3 aromatic heterocycles. The maximum Gasteiger partial charge on any atom is 0.259 e. The highest BCUT2D eigenvalue weighted by Gasteiger charge is 2.18. The molecule has 31 heavy (non-hydrogen) atoms. The monoisotopic (exact) mass is 497 g/mol. The third-order valence-electron chi connectivity index (χ3n) is 5.05. The van der Waals surface area contributed by atoms with E-state index in [9.17, 15) is 4.79 Å². The van der Waals surface area contributed by atoms with E-state index < -0.39 is 0 Å². The summed E-state index contributed by atoms with van der Waals surface area (Å²) < 4.78 is 6.78. The molecule has 0 saturated heterocycles. The number of hydrogen-bond donors (Lipinski definition) is 1. The third-order valence-corrected chi connectivity index (χ3v) is 6.24. The first kappa shape index (κ1) is 21.6. The predicted molar refractivity (Wildman–Crippen MR) is 129 cm³/mol. The molecule has 0 atom stereocenters. The van der Waals surface area contributed by atoms with Gasteiger partial charge in [0.1, 0.15) is 0 Å². The summed E-state index contributed by atoms with van der Waals surface area (Å²) >= 11 is 4.91. The summed E-state index contributed by atoms with van der Waals surface area (Å²) in [6.07, 6.45) is 4.88. The fraction of sp³-hybridized carbons (Fsp3) is 0.304. The second-order valence-corrected chi connectivity index (χ2v) is 9.40. The van der Waals surface area contributed by atoms with E-state index in [2.05, 4.69) is 39.5 Å². The van der Waals surface area contributed by atoms with Crippen molar-refractivity contribution in [2.45, 2.75) is 39.7 Å². The molecule has 0 saturated carbocycles. The van der Waals surface area contributed by atoms with Crippen molar-refractivity contribution in [1.29, 1.82) is 0 Å². The van der Waals surface area contributed by atoms with E-state index in [0.29, 0.717) is 17.3 Å². The number of benzene rings is 1. The molecule has 4 aromatic rings. The molecule has 0 fully saturated rings. The quantitative estimate of drug-likeness (QED) is 0.286. The Morgan fingerprint density at radius 3 is 2.74 bits per heavy atom. The first-order chi connectivity index (χ1) is 15.0. The zero-order valence-electron chi connectivity index (χ0n) is 17.5. The van der Waals surface area contributed by atoms with E-state index in [-0.39, 0.29) is 5.91 Å². The maximum absolute atomic E-state index is 12.6. The highest BCUT2D eigenvalue weighted by Crippen LogP contribution is 2.33. The Labute approximate surface area is 194 Å². The van der Waals surface area contributed by atoms with Crippen LogP contribution in [0.3, 0.4) is 0 Å². The summed E-state index contributed by atoms with van der Waals surface area (Å²) in [6.45, 7) is 5.23. The fourth-order valence-corrected chi connectivity index (χ4v) is 4.49. The molecule has 4 rings (SSSR count). The number of nitrogens with one attached hydrogen (secondary N) is 1. The van der Waals surface area contributed by atoms with Crippen LogP contribution in [0.25, 0.3) is 22.3 Å². The van der Waals surface area contributed by atoms with Crippen molar-refractivity contribution in [2.75, 3.05) is 5.32 Å². The number of unbranched alkanes of at least 4 members (excludes halogenated alkanes) is 1. The van der Waals surface area contributed by atoms with Gasteiger partial charge in [-0.3, -0.25) is 4.79 Å². The highest BCUT2D eigenvalue weighted by atomic mass is 79.9. The Balaban J connectivity index is 1.71. The molecule has 1 aromatic carbocycles. The smallest absolute Gasteiger partial charge is 0.259 e. The minimum Gasteiger partial charge on any atom is -0.304 e. The Bertz CT molecular complexity index is 1170. The average molecular weight is 498 g/mol. The van der Waals surface area contributed by atoms with Crippen LogP contribution in [0.4, 0.5) is 5.82 Å². The number of nitrogens with zero attached hydrogens (tertiary/aromatic N) is 4. The van der Waals surface area contributed by atoms with E-state index in [0.717, 1.165) is 46.1 Å². The SMILES string of the molecule is CC(C)CCCCn1nc(NC(=O)c2cnsc2)c2cc(Br)c(-c3ccccc3)nc21. The van der Waals surface area contributed by atoms with Gasteiger partial charge in [-0.15, -0.1) is 0 Å². The number of aryl methyl sites for hydroxylation is 1. The Hall–Kier alpha value is -2.58. The Morgan fingerprint density at radius 2 is 2.03 bits per heavy atom. The van der Waals surface area contributed by atoms with Gasteiger partial charge in [-0.1, -0.05) is 57.0 Å². The predicted octanol–water partition coefficient (Wildman–Crippen LogP) is 6.40. The van der Waals surface area contributed by atoms with E-state index in [4.69, 9.17) is 10.1 Å². The van der Waals surface area contributed by atoms with Crippen LogP contribution in [-0.4, -0.2) is 25.0 Å². The summed E-state index contributed by atoms with van der Waals surface area (Å²) in [7, 11) is 0. The van der Waals surface area contributed by atoms with E-state index in [1.54, 1.807) is 11.6 Å². The molecule has 0 aliphatic heterocycles. The molecule has 3 heterocycles. The Kier molecular flexibility index (Phi) is 6.77. The number of rotatable bonds is 8. The second kappa shape index (κ2) is 9.70. The number of carbonyl (C=O) groups excluding carboxylic acids is 1. The van der Waals surface area contributed by atoms with Crippen molar-refractivity contribution in [2.24, 2.45) is 5.92 Å². The van der Waals surface area contributed by atoms with Gasteiger partial charge in [0, 0.05) is 22.0 Å². The zero-order valence-corrected chi connectivity index (χ0v) is 19.9. The van der Waals surface area contributed by atoms with Crippen LogP contribution in [-0.2, 0) is 6.54 Å². The van der Waals surface area contributed by atoms with Gasteiger partial charge in [-0.2, -0.15) is 5.10 Å². The second-order valence-electron chi connectivity index (χ2n) is 7.88. The molecule has 6 nitrogen and oxygen atoms in total. The largest absolute Gasteiger partial charge is 0.304 e. The molecule has 0 spiro atoms. The van der Waals surface area contributed by atoms with Crippen LogP contribution in [0, 0.1) is 5.92 Å². The van der Waals surface area contributed by atoms with Crippen LogP contribution in [0.1, 0.15) is 43.5 Å². The van der Waals surface area contributed by atoms with Crippen LogP contribution in [0.15, 0.2) is 52.4 Å².